The van der Waals surface area contributed by atoms with E-state index in [4.69, 9.17) is 0 Å². The fourth-order valence-corrected chi connectivity index (χ4v) is 3.19. The van der Waals surface area contributed by atoms with E-state index in [9.17, 15) is 10.2 Å². The van der Waals surface area contributed by atoms with Crippen LogP contribution >= 0.6 is 24.8 Å². The number of aromatic hydroxyl groups is 1. The number of hydrogen-bond donors (Lipinski definition) is 3. The lowest BCUT2D eigenvalue weighted by Gasteiger charge is -2.43. The Morgan fingerprint density at radius 2 is 1.83 bits per heavy atom. The summed E-state index contributed by atoms with van der Waals surface area (Å²) in [5, 5.41) is 23.6. The summed E-state index contributed by atoms with van der Waals surface area (Å²) in [5.41, 5.74) is 2.12. The topological polar surface area (TPSA) is 68.6 Å². The van der Waals surface area contributed by atoms with E-state index >= 15 is 0 Å². The first kappa shape index (κ1) is 22.4. The van der Waals surface area contributed by atoms with Crippen LogP contribution in [0.5, 0.6) is 5.75 Å². The summed E-state index contributed by atoms with van der Waals surface area (Å²) in [6.07, 6.45) is 1.69. The molecule has 0 radical (unpaired) electrons. The highest BCUT2D eigenvalue weighted by molar-refractivity contribution is 5.85. The maximum absolute atomic E-state index is 10.6. The first-order valence-electron chi connectivity index (χ1n) is 7.59. The second kappa shape index (κ2) is 9.04. The predicted molar refractivity (Wildman–Crippen MR) is 97.7 cm³/mol. The molecule has 0 aliphatic carbocycles. The second-order valence-electron chi connectivity index (χ2n) is 6.84. The van der Waals surface area contributed by atoms with Crippen LogP contribution in [0.2, 0.25) is 0 Å². The molecule has 5 nitrogen and oxygen atoms in total. The Morgan fingerprint density at radius 3 is 2.30 bits per heavy atom. The molecule has 2 heterocycles. The highest BCUT2D eigenvalue weighted by Crippen LogP contribution is 2.43. The molecule has 1 aliphatic heterocycles. The van der Waals surface area contributed by atoms with Crippen molar-refractivity contribution in [1.29, 1.82) is 0 Å². The Hall–Kier alpha value is -0.590. The molecule has 0 aromatic carbocycles. The zero-order valence-corrected chi connectivity index (χ0v) is 15.9. The van der Waals surface area contributed by atoms with E-state index < -0.39 is 0 Å². The summed E-state index contributed by atoms with van der Waals surface area (Å²) in [4.78, 5) is 6.57. The summed E-state index contributed by atoms with van der Waals surface area (Å²) < 4.78 is 0. The van der Waals surface area contributed by atoms with Crippen LogP contribution in [0.3, 0.4) is 0 Å². The molecule has 1 atom stereocenters. The van der Waals surface area contributed by atoms with E-state index in [-0.39, 0.29) is 48.6 Å². The second-order valence-corrected chi connectivity index (χ2v) is 6.84. The first-order chi connectivity index (χ1) is 9.86. The molecule has 0 amide bonds. The number of hydrogen-bond acceptors (Lipinski definition) is 5. The van der Waals surface area contributed by atoms with E-state index in [0.29, 0.717) is 5.69 Å². The number of pyridine rings is 1. The van der Waals surface area contributed by atoms with E-state index in [0.717, 1.165) is 37.3 Å². The molecule has 1 aliphatic rings. The molecular weight excluding hydrogens is 337 g/mol. The molecule has 1 aromatic rings. The molecule has 0 bridgehead atoms. The maximum atomic E-state index is 10.6. The highest BCUT2D eigenvalue weighted by Gasteiger charge is 2.36. The molecular formula is C16H29Cl2N3O2. The van der Waals surface area contributed by atoms with Crippen molar-refractivity contribution in [3.05, 3.63) is 23.0 Å². The number of aryl methyl sites for hydroxylation is 1. The standard InChI is InChI=1S/C16H27N3O2.2ClH/c1-11-14(21)13(12(10-20)9-18-11)15(16(2,3)4)19-7-5-17-6-8-19;;/h9,15,17,20-21H,5-8,10H2,1-4H3;2*1H/t15-;;/m1../s1. The average molecular weight is 366 g/mol. The van der Waals surface area contributed by atoms with Crippen LogP contribution < -0.4 is 5.32 Å². The number of aliphatic hydroxyl groups is 1. The number of nitrogens with one attached hydrogen (secondary N) is 1. The van der Waals surface area contributed by atoms with Gasteiger partial charge in [0.2, 0.25) is 0 Å². The zero-order valence-electron chi connectivity index (χ0n) is 14.3. The van der Waals surface area contributed by atoms with Gasteiger partial charge in [0.05, 0.1) is 12.3 Å². The summed E-state index contributed by atoms with van der Waals surface area (Å²) in [5.74, 6) is 0.222. The number of piperazine rings is 1. The molecule has 1 fully saturated rings. The summed E-state index contributed by atoms with van der Waals surface area (Å²) in [6.45, 7) is 12.0. The highest BCUT2D eigenvalue weighted by atomic mass is 35.5. The van der Waals surface area contributed by atoms with Gasteiger partial charge in [0.25, 0.3) is 0 Å². The van der Waals surface area contributed by atoms with Gasteiger partial charge in [0.15, 0.2) is 0 Å². The van der Waals surface area contributed by atoms with E-state index in [1.165, 1.54) is 0 Å². The fraction of sp³-hybridized carbons (Fsp3) is 0.688. The minimum atomic E-state index is -0.102. The molecule has 7 heteroatoms. The minimum Gasteiger partial charge on any atom is -0.506 e. The number of nitrogens with zero attached hydrogens (tertiary/aromatic N) is 2. The number of halogens is 2. The van der Waals surface area contributed by atoms with Gasteiger partial charge in [0, 0.05) is 49.5 Å². The third-order valence-electron chi connectivity index (χ3n) is 4.14. The van der Waals surface area contributed by atoms with Crippen molar-refractivity contribution >= 4 is 24.8 Å². The van der Waals surface area contributed by atoms with Crippen LogP contribution in [-0.4, -0.2) is 46.3 Å². The lowest BCUT2D eigenvalue weighted by molar-refractivity contribution is 0.0822. The predicted octanol–water partition coefficient (Wildman–Crippen LogP) is 2.42. The monoisotopic (exact) mass is 365 g/mol. The third kappa shape index (κ3) is 4.94. The van der Waals surface area contributed by atoms with Gasteiger partial charge in [0.1, 0.15) is 5.75 Å². The van der Waals surface area contributed by atoms with Crippen molar-refractivity contribution in [2.75, 3.05) is 26.2 Å². The molecule has 0 saturated carbocycles. The molecule has 23 heavy (non-hydrogen) atoms. The molecule has 2 rings (SSSR count). The Morgan fingerprint density at radius 1 is 1.26 bits per heavy atom. The van der Waals surface area contributed by atoms with Gasteiger partial charge in [-0.25, -0.2) is 0 Å². The summed E-state index contributed by atoms with van der Waals surface area (Å²) in [6, 6.07) is 0.0587. The van der Waals surface area contributed by atoms with Crippen LogP contribution in [0.4, 0.5) is 0 Å². The third-order valence-corrected chi connectivity index (χ3v) is 4.14. The molecule has 1 saturated heterocycles. The van der Waals surface area contributed by atoms with E-state index in [1.807, 2.05) is 0 Å². The van der Waals surface area contributed by atoms with E-state index in [2.05, 4.69) is 36.0 Å². The smallest absolute Gasteiger partial charge is 0.141 e. The molecule has 1 aromatic heterocycles. The van der Waals surface area contributed by atoms with Crippen molar-refractivity contribution in [3.8, 4) is 5.75 Å². The van der Waals surface area contributed by atoms with Gasteiger partial charge in [-0.15, -0.1) is 24.8 Å². The summed E-state index contributed by atoms with van der Waals surface area (Å²) >= 11 is 0. The lowest BCUT2D eigenvalue weighted by atomic mass is 9.79. The van der Waals surface area contributed by atoms with Gasteiger partial charge in [-0.3, -0.25) is 9.88 Å². The summed E-state index contributed by atoms with van der Waals surface area (Å²) in [7, 11) is 0. The van der Waals surface area contributed by atoms with Crippen molar-refractivity contribution in [1.82, 2.24) is 15.2 Å². The van der Waals surface area contributed by atoms with Crippen molar-refractivity contribution in [2.45, 2.75) is 40.3 Å². The van der Waals surface area contributed by atoms with Gasteiger partial charge >= 0.3 is 0 Å². The van der Waals surface area contributed by atoms with Crippen LogP contribution in [0, 0.1) is 12.3 Å². The maximum Gasteiger partial charge on any atom is 0.141 e. The minimum absolute atomic E-state index is 0. The molecule has 134 valence electrons. The Bertz CT molecular complexity index is 501. The van der Waals surface area contributed by atoms with Crippen molar-refractivity contribution in [3.63, 3.8) is 0 Å². The van der Waals surface area contributed by atoms with Gasteiger partial charge in [-0.2, -0.15) is 0 Å². The number of aromatic nitrogens is 1. The van der Waals surface area contributed by atoms with Crippen LogP contribution in [0.15, 0.2) is 6.20 Å². The van der Waals surface area contributed by atoms with Crippen molar-refractivity contribution in [2.24, 2.45) is 5.41 Å². The van der Waals surface area contributed by atoms with Crippen LogP contribution in [0.25, 0.3) is 0 Å². The Labute approximate surface area is 151 Å². The largest absolute Gasteiger partial charge is 0.506 e. The fourth-order valence-electron chi connectivity index (χ4n) is 3.19. The molecule has 3 N–H and O–H groups in total. The first-order valence-corrected chi connectivity index (χ1v) is 7.59. The van der Waals surface area contributed by atoms with Gasteiger partial charge in [-0.05, 0) is 12.3 Å². The normalized spacial score (nSPS) is 17.1. The number of rotatable bonds is 3. The Kier molecular flexibility index (Phi) is 8.81. The lowest BCUT2D eigenvalue weighted by Crippen LogP contribution is -2.48. The molecule has 0 unspecified atom stereocenters. The SMILES string of the molecule is Cc1ncc(CO)c([C@@H](N2CCNCC2)C(C)(C)C)c1O.Cl.Cl. The van der Waals surface area contributed by atoms with Crippen molar-refractivity contribution < 1.29 is 10.2 Å². The zero-order chi connectivity index (χ0) is 15.6. The van der Waals surface area contributed by atoms with Crippen LogP contribution in [-0.2, 0) is 6.61 Å². The van der Waals surface area contributed by atoms with Crippen LogP contribution in [0.1, 0.15) is 43.6 Å². The number of aliphatic hydroxyl groups excluding tert-OH is 1. The quantitative estimate of drug-likeness (QED) is 0.767. The Balaban J connectivity index is 0.00000242. The van der Waals surface area contributed by atoms with E-state index in [1.54, 1.807) is 13.1 Å². The molecule has 0 spiro atoms. The van der Waals surface area contributed by atoms with Gasteiger partial charge < -0.3 is 15.5 Å². The average Bonchev–Trinajstić information content (AvgIpc) is 2.44. The van der Waals surface area contributed by atoms with Gasteiger partial charge in [-0.1, -0.05) is 20.8 Å².